The van der Waals surface area contributed by atoms with Crippen molar-refractivity contribution in [2.75, 3.05) is 26.5 Å². The Kier molecular flexibility index (Phi) is 6.06. The van der Waals surface area contributed by atoms with E-state index in [9.17, 15) is 0 Å². The maximum atomic E-state index is 5.01. The Hall–Kier alpha value is -0.660. The van der Waals surface area contributed by atoms with Crippen molar-refractivity contribution in [3.63, 3.8) is 0 Å². The summed E-state index contributed by atoms with van der Waals surface area (Å²) in [5, 5.41) is 16.2. The van der Waals surface area contributed by atoms with Crippen LogP contribution in [0.1, 0.15) is 37.5 Å². The Morgan fingerprint density at radius 3 is 2.84 bits per heavy atom. The van der Waals surface area contributed by atoms with Crippen LogP contribution < -0.4 is 5.32 Å². The van der Waals surface area contributed by atoms with Crippen molar-refractivity contribution in [3.05, 3.63) is 5.82 Å². The van der Waals surface area contributed by atoms with Gasteiger partial charge in [-0.15, -0.1) is 5.10 Å². The summed E-state index contributed by atoms with van der Waals surface area (Å²) in [5.74, 6) is 0.934. The normalized spacial score (nSPS) is 23.7. The monoisotopic (exact) mass is 285 g/mol. The van der Waals surface area contributed by atoms with Crippen LogP contribution in [-0.2, 0) is 11.3 Å². The SMILES string of the molecule is COCCNCc1nnnn1C1CCC(SC)CC1. The van der Waals surface area contributed by atoms with Gasteiger partial charge in [0.2, 0.25) is 0 Å². The summed E-state index contributed by atoms with van der Waals surface area (Å²) >= 11 is 1.98. The highest BCUT2D eigenvalue weighted by molar-refractivity contribution is 7.99. The highest BCUT2D eigenvalue weighted by Gasteiger charge is 2.24. The van der Waals surface area contributed by atoms with Crippen molar-refractivity contribution in [2.24, 2.45) is 0 Å². The molecule has 7 heteroatoms. The van der Waals surface area contributed by atoms with E-state index in [1.165, 1.54) is 25.7 Å². The lowest BCUT2D eigenvalue weighted by molar-refractivity contribution is 0.198. The second kappa shape index (κ2) is 7.81. The molecule has 0 radical (unpaired) electrons. The molecule has 1 fully saturated rings. The number of nitrogens with one attached hydrogen (secondary N) is 1. The fourth-order valence-electron chi connectivity index (χ4n) is 2.51. The van der Waals surface area contributed by atoms with E-state index in [1.807, 2.05) is 16.4 Å². The zero-order valence-electron chi connectivity index (χ0n) is 11.7. The van der Waals surface area contributed by atoms with Crippen LogP contribution in [-0.4, -0.2) is 52.0 Å². The summed E-state index contributed by atoms with van der Waals surface area (Å²) in [6.45, 7) is 2.24. The van der Waals surface area contributed by atoms with Gasteiger partial charge in [0.25, 0.3) is 0 Å². The van der Waals surface area contributed by atoms with Crippen LogP contribution in [0.15, 0.2) is 0 Å². The molecule has 1 aromatic rings. The van der Waals surface area contributed by atoms with Crippen LogP contribution in [0.2, 0.25) is 0 Å². The lowest BCUT2D eigenvalue weighted by atomic mass is 9.95. The number of tetrazole rings is 1. The van der Waals surface area contributed by atoms with Gasteiger partial charge >= 0.3 is 0 Å². The van der Waals surface area contributed by atoms with Crippen molar-refractivity contribution in [2.45, 2.75) is 43.5 Å². The van der Waals surface area contributed by atoms with E-state index in [0.717, 1.165) is 17.6 Å². The molecule has 0 bridgehead atoms. The van der Waals surface area contributed by atoms with E-state index in [-0.39, 0.29) is 0 Å². The number of aromatic nitrogens is 4. The van der Waals surface area contributed by atoms with Crippen molar-refractivity contribution in [1.29, 1.82) is 0 Å². The molecule has 2 rings (SSSR count). The maximum absolute atomic E-state index is 5.01. The van der Waals surface area contributed by atoms with Gasteiger partial charge in [0, 0.05) is 18.9 Å². The molecule has 0 atom stereocenters. The average molecular weight is 285 g/mol. The number of hydrogen-bond donors (Lipinski definition) is 1. The number of thioether (sulfide) groups is 1. The third-order valence-electron chi connectivity index (χ3n) is 3.65. The molecular weight excluding hydrogens is 262 g/mol. The van der Waals surface area contributed by atoms with Gasteiger partial charge in [-0.25, -0.2) is 4.68 Å². The number of methoxy groups -OCH3 is 1. The predicted molar refractivity (Wildman–Crippen MR) is 76.2 cm³/mol. The predicted octanol–water partition coefficient (Wildman–Crippen LogP) is 1.26. The second-order valence-electron chi connectivity index (χ2n) is 4.88. The zero-order valence-corrected chi connectivity index (χ0v) is 12.5. The summed E-state index contributed by atoms with van der Waals surface area (Å²) in [4.78, 5) is 0. The van der Waals surface area contributed by atoms with Crippen LogP contribution in [0.3, 0.4) is 0 Å². The molecule has 0 aliphatic heterocycles. The Bertz CT molecular complexity index is 365. The number of nitrogens with zero attached hydrogens (tertiary/aromatic N) is 4. The van der Waals surface area contributed by atoms with Gasteiger partial charge in [-0.05, 0) is 42.4 Å². The molecule has 108 valence electrons. The molecule has 0 unspecified atom stereocenters. The van der Waals surface area contributed by atoms with Gasteiger partial charge in [-0.2, -0.15) is 11.8 Å². The topological polar surface area (TPSA) is 64.9 Å². The highest BCUT2D eigenvalue weighted by atomic mass is 32.2. The first-order chi connectivity index (χ1) is 9.35. The molecule has 0 amide bonds. The quantitative estimate of drug-likeness (QED) is 0.761. The van der Waals surface area contributed by atoms with Crippen molar-refractivity contribution in [1.82, 2.24) is 25.5 Å². The summed E-state index contributed by atoms with van der Waals surface area (Å²) in [6, 6.07) is 0.470. The van der Waals surface area contributed by atoms with Gasteiger partial charge in [-0.3, -0.25) is 0 Å². The van der Waals surface area contributed by atoms with Crippen molar-refractivity contribution >= 4 is 11.8 Å². The molecule has 1 saturated carbocycles. The lowest BCUT2D eigenvalue weighted by Crippen LogP contribution is -2.25. The van der Waals surface area contributed by atoms with Crippen molar-refractivity contribution < 1.29 is 4.74 Å². The highest BCUT2D eigenvalue weighted by Crippen LogP contribution is 2.33. The van der Waals surface area contributed by atoms with Gasteiger partial charge in [-0.1, -0.05) is 0 Å². The van der Waals surface area contributed by atoms with E-state index < -0.39 is 0 Å². The van der Waals surface area contributed by atoms with E-state index in [2.05, 4.69) is 27.1 Å². The first-order valence-corrected chi connectivity index (χ1v) is 8.13. The minimum atomic E-state index is 0.470. The molecule has 1 heterocycles. The largest absolute Gasteiger partial charge is 0.383 e. The molecule has 0 spiro atoms. The summed E-state index contributed by atoms with van der Waals surface area (Å²) in [6.07, 6.45) is 7.10. The molecule has 1 N–H and O–H groups in total. The molecule has 1 aliphatic rings. The maximum Gasteiger partial charge on any atom is 0.165 e. The Morgan fingerprint density at radius 1 is 1.37 bits per heavy atom. The van der Waals surface area contributed by atoms with E-state index >= 15 is 0 Å². The standard InChI is InChI=1S/C12H23N5OS/c1-18-8-7-13-9-12-14-15-16-17(12)10-3-5-11(19-2)6-4-10/h10-11,13H,3-9H2,1-2H3. The molecule has 0 aromatic carbocycles. The molecule has 19 heavy (non-hydrogen) atoms. The molecule has 1 aliphatic carbocycles. The Morgan fingerprint density at radius 2 is 2.16 bits per heavy atom. The lowest BCUT2D eigenvalue weighted by Gasteiger charge is -2.27. The number of ether oxygens (including phenoxy) is 1. The first-order valence-electron chi connectivity index (χ1n) is 6.84. The molecule has 1 aromatic heterocycles. The van der Waals surface area contributed by atoms with Gasteiger partial charge < -0.3 is 10.1 Å². The van der Waals surface area contributed by atoms with Gasteiger partial charge in [0.1, 0.15) is 0 Å². The van der Waals surface area contributed by atoms with Crippen LogP contribution in [0.4, 0.5) is 0 Å². The van der Waals surface area contributed by atoms with Gasteiger partial charge in [0.15, 0.2) is 5.82 Å². The van der Waals surface area contributed by atoms with Crippen LogP contribution >= 0.6 is 11.8 Å². The second-order valence-corrected chi connectivity index (χ2v) is 6.01. The molecule has 6 nitrogen and oxygen atoms in total. The number of rotatable bonds is 7. The number of hydrogen-bond acceptors (Lipinski definition) is 6. The summed E-state index contributed by atoms with van der Waals surface area (Å²) in [7, 11) is 1.70. The summed E-state index contributed by atoms with van der Waals surface area (Å²) in [5.41, 5.74) is 0. The molecule has 0 saturated heterocycles. The third kappa shape index (κ3) is 4.15. The van der Waals surface area contributed by atoms with E-state index in [4.69, 9.17) is 4.74 Å². The zero-order chi connectivity index (χ0) is 13.5. The van der Waals surface area contributed by atoms with Gasteiger partial charge in [0.05, 0.1) is 19.2 Å². The van der Waals surface area contributed by atoms with E-state index in [1.54, 1.807) is 7.11 Å². The van der Waals surface area contributed by atoms with Crippen LogP contribution in [0.5, 0.6) is 0 Å². The van der Waals surface area contributed by atoms with Crippen LogP contribution in [0, 0.1) is 0 Å². The Labute approximate surface area is 118 Å². The summed E-state index contributed by atoms with van der Waals surface area (Å²) < 4.78 is 7.02. The minimum Gasteiger partial charge on any atom is -0.383 e. The average Bonchev–Trinajstić information content (AvgIpc) is 2.92. The van der Waals surface area contributed by atoms with E-state index in [0.29, 0.717) is 19.2 Å². The Balaban J connectivity index is 1.85. The molecular formula is C12H23N5OS. The smallest absolute Gasteiger partial charge is 0.165 e. The first kappa shape index (κ1) is 14.7. The minimum absolute atomic E-state index is 0.470. The fraction of sp³-hybridized carbons (Fsp3) is 0.917. The van der Waals surface area contributed by atoms with Crippen molar-refractivity contribution in [3.8, 4) is 0 Å². The van der Waals surface area contributed by atoms with Crippen LogP contribution in [0.25, 0.3) is 0 Å². The fourth-order valence-corrected chi connectivity index (χ4v) is 3.26. The third-order valence-corrected chi connectivity index (χ3v) is 4.79.